The zero-order valence-electron chi connectivity index (χ0n) is 5.91. The summed E-state index contributed by atoms with van der Waals surface area (Å²) in [5.74, 6) is -1.37. The Morgan fingerprint density at radius 3 is 2.73 bits per heavy atom. The lowest BCUT2D eigenvalue weighted by atomic mass is 10.0. The van der Waals surface area contributed by atoms with Crippen LogP contribution in [0.3, 0.4) is 0 Å². The molecule has 1 amide bonds. The first-order valence-corrected chi connectivity index (χ1v) is 3.40. The van der Waals surface area contributed by atoms with Gasteiger partial charge in [-0.15, -0.1) is 0 Å². The SMILES string of the molecule is N[C@H]1CC[C@H](C(=O)O)NC1=O. The van der Waals surface area contributed by atoms with Gasteiger partial charge in [0.15, 0.2) is 0 Å². The zero-order valence-corrected chi connectivity index (χ0v) is 5.91. The van der Waals surface area contributed by atoms with Crippen molar-refractivity contribution >= 4 is 11.9 Å². The van der Waals surface area contributed by atoms with E-state index in [4.69, 9.17) is 10.8 Å². The highest BCUT2D eigenvalue weighted by Gasteiger charge is 2.28. The maximum Gasteiger partial charge on any atom is 0.326 e. The number of aliphatic carboxylic acids is 1. The maximum atomic E-state index is 10.8. The van der Waals surface area contributed by atoms with E-state index >= 15 is 0 Å². The Balaban J connectivity index is 2.53. The summed E-state index contributed by atoms with van der Waals surface area (Å²) in [6.07, 6.45) is 0.866. The van der Waals surface area contributed by atoms with Gasteiger partial charge < -0.3 is 16.2 Å². The van der Waals surface area contributed by atoms with Crippen molar-refractivity contribution in [3.8, 4) is 0 Å². The highest BCUT2D eigenvalue weighted by molar-refractivity contribution is 5.88. The van der Waals surface area contributed by atoms with Gasteiger partial charge in [0.05, 0.1) is 6.04 Å². The van der Waals surface area contributed by atoms with Gasteiger partial charge in [0, 0.05) is 0 Å². The molecule has 1 aliphatic heterocycles. The average molecular weight is 158 g/mol. The molecule has 1 aliphatic rings. The topological polar surface area (TPSA) is 92.4 Å². The minimum Gasteiger partial charge on any atom is -0.480 e. The number of carboxylic acid groups (broad SMARTS) is 1. The molecule has 4 N–H and O–H groups in total. The van der Waals surface area contributed by atoms with Crippen LogP contribution in [0.4, 0.5) is 0 Å². The highest BCUT2D eigenvalue weighted by Crippen LogP contribution is 2.07. The molecule has 1 fully saturated rings. The molecule has 0 aromatic carbocycles. The number of carboxylic acids is 1. The molecule has 1 heterocycles. The highest BCUT2D eigenvalue weighted by atomic mass is 16.4. The third-order valence-corrected chi connectivity index (χ3v) is 1.72. The molecule has 0 radical (unpaired) electrons. The molecule has 5 heteroatoms. The van der Waals surface area contributed by atoms with E-state index in [1.165, 1.54) is 0 Å². The molecule has 0 aliphatic carbocycles. The van der Waals surface area contributed by atoms with Gasteiger partial charge >= 0.3 is 5.97 Å². The van der Waals surface area contributed by atoms with Crippen molar-refractivity contribution < 1.29 is 14.7 Å². The lowest BCUT2D eigenvalue weighted by Crippen LogP contribution is -2.53. The van der Waals surface area contributed by atoms with Gasteiger partial charge in [-0.1, -0.05) is 0 Å². The summed E-state index contributed by atoms with van der Waals surface area (Å²) in [4.78, 5) is 21.2. The predicted molar refractivity (Wildman–Crippen MR) is 36.8 cm³/mol. The Morgan fingerprint density at radius 2 is 2.27 bits per heavy atom. The van der Waals surface area contributed by atoms with Gasteiger partial charge in [0.2, 0.25) is 5.91 Å². The van der Waals surface area contributed by atoms with Crippen molar-refractivity contribution in [2.24, 2.45) is 5.73 Å². The Hall–Kier alpha value is -1.10. The first-order valence-electron chi connectivity index (χ1n) is 3.40. The van der Waals surface area contributed by atoms with Crippen LogP contribution in [-0.4, -0.2) is 29.1 Å². The summed E-state index contributed by atoms with van der Waals surface area (Å²) in [6.45, 7) is 0. The molecule has 0 unspecified atom stereocenters. The van der Waals surface area contributed by atoms with Crippen LogP contribution in [0.2, 0.25) is 0 Å². The Labute approximate surface area is 63.6 Å². The lowest BCUT2D eigenvalue weighted by molar-refractivity contribution is -0.143. The van der Waals surface area contributed by atoms with Crippen molar-refractivity contribution in [2.45, 2.75) is 24.9 Å². The monoisotopic (exact) mass is 158 g/mol. The van der Waals surface area contributed by atoms with Crippen LogP contribution in [0, 0.1) is 0 Å². The summed E-state index contributed by atoms with van der Waals surface area (Å²) in [6, 6.07) is -1.28. The predicted octanol–water partition coefficient (Wildman–Crippen LogP) is -1.32. The van der Waals surface area contributed by atoms with Crippen LogP contribution < -0.4 is 11.1 Å². The standard InChI is InChI=1S/C6H10N2O3/c7-3-1-2-4(6(10)11)8-5(3)9/h3-4H,1-2,7H2,(H,8,9)(H,10,11)/t3-,4+/m0/s1. The molecule has 0 bridgehead atoms. The van der Waals surface area contributed by atoms with Crippen LogP contribution in [0.5, 0.6) is 0 Å². The first kappa shape index (κ1) is 8.00. The Bertz CT molecular complexity index is 192. The van der Waals surface area contributed by atoms with Crippen molar-refractivity contribution in [1.82, 2.24) is 5.32 Å². The second kappa shape index (κ2) is 2.87. The molecule has 62 valence electrons. The van der Waals surface area contributed by atoms with Crippen LogP contribution >= 0.6 is 0 Å². The first-order chi connectivity index (χ1) is 5.11. The molecule has 0 saturated carbocycles. The van der Waals surface area contributed by atoms with E-state index < -0.39 is 18.1 Å². The van der Waals surface area contributed by atoms with Crippen LogP contribution in [-0.2, 0) is 9.59 Å². The normalized spacial score (nSPS) is 31.2. The number of amides is 1. The van der Waals surface area contributed by atoms with Gasteiger partial charge in [-0.05, 0) is 12.8 Å². The van der Waals surface area contributed by atoms with E-state index in [0.717, 1.165) is 0 Å². The summed E-state index contributed by atoms with van der Waals surface area (Å²) in [5, 5.41) is 10.8. The molecule has 2 atom stereocenters. The Morgan fingerprint density at radius 1 is 1.64 bits per heavy atom. The molecule has 0 aromatic rings. The smallest absolute Gasteiger partial charge is 0.326 e. The van der Waals surface area contributed by atoms with Gasteiger partial charge in [-0.25, -0.2) is 4.79 Å². The third-order valence-electron chi connectivity index (χ3n) is 1.72. The van der Waals surface area contributed by atoms with Gasteiger partial charge in [-0.2, -0.15) is 0 Å². The van der Waals surface area contributed by atoms with Gasteiger partial charge in [0.25, 0.3) is 0 Å². The van der Waals surface area contributed by atoms with Gasteiger partial charge in [0.1, 0.15) is 6.04 Å². The van der Waals surface area contributed by atoms with Crippen molar-refractivity contribution in [3.05, 3.63) is 0 Å². The summed E-state index contributed by atoms with van der Waals surface area (Å²) in [5.41, 5.74) is 5.34. The maximum absolute atomic E-state index is 10.8. The molecular weight excluding hydrogens is 148 g/mol. The largest absolute Gasteiger partial charge is 0.480 e. The summed E-state index contributed by atoms with van der Waals surface area (Å²) >= 11 is 0. The number of hydrogen-bond donors (Lipinski definition) is 3. The number of rotatable bonds is 1. The van der Waals surface area contributed by atoms with E-state index in [0.29, 0.717) is 12.8 Å². The van der Waals surface area contributed by atoms with E-state index in [9.17, 15) is 9.59 Å². The fourth-order valence-corrected chi connectivity index (χ4v) is 1.01. The van der Waals surface area contributed by atoms with Crippen molar-refractivity contribution in [2.75, 3.05) is 0 Å². The molecule has 11 heavy (non-hydrogen) atoms. The summed E-state index contributed by atoms with van der Waals surface area (Å²) < 4.78 is 0. The lowest BCUT2D eigenvalue weighted by Gasteiger charge is -2.23. The van der Waals surface area contributed by atoms with E-state index in [-0.39, 0.29) is 5.91 Å². The quantitative estimate of drug-likeness (QED) is 0.441. The third kappa shape index (κ3) is 1.68. The minimum atomic E-state index is -0.995. The molecule has 0 spiro atoms. The van der Waals surface area contributed by atoms with Crippen molar-refractivity contribution in [1.29, 1.82) is 0 Å². The molecule has 5 nitrogen and oxygen atoms in total. The molecule has 1 rings (SSSR count). The number of nitrogens with one attached hydrogen (secondary N) is 1. The average Bonchev–Trinajstić information content (AvgIpc) is 1.94. The van der Waals surface area contributed by atoms with Crippen LogP contribution in [0.15, 0.2) is 0 Å². The van der Waals surface area contributed by atoms with E-state index in [1.54, 1.807) is 0 Å². The number of hydrogen-bond acceptors (Lipinski definition) is 3. The second-order valence-corrected chi connectivity index (χ2v) is 2.58. The summed E-state index contributed by atoms with van der Waals surface area (Å²) in [7, 11) is 0. The molecular formula is C6H10N2O3. The number of nitrogens with two attached hydrogens (primary N) is 1. The van der Waals surface area contributed by atoms with E-state index in [2.05, 4.69) is 5.32 Å². The molecule has 0 aromatic heterocycles. The number of carbonyl (C=O) groups excluding carboxylic acids is 1. The minimum absolute atomic E-state index is 0.372. The number of carbonyl (C=O) groups is 2. The van der Waals surface area contributed by atoms with Crippen LogP contribution in [0.1, 0.15) is 12.8 Å². The fourth-order valence-electron chi connectivity index (χ4n) is 1.01. The zero-order chi connectivity index (χ0) is 8.43. The number of piperidine rings is 1. The van der Waals surface area contributed by atoms with Gasteiger partial charge in [-0.3, -0.25) is 4.79 Å². The van der Waals surface area contributed by atoms with Crippen LogP contribution in [0.25, 0.3) is 0 Å². The van der Waals surface area contributed by atoms with Crippen molar-refractivity contribution in [3.63, 3.8) is 0 Å². The Kier molecular flexibility index (Phi) is 2.09. The molecule has 1 saturated heterocycles. The van der Waals surface area contributed by atoms with E-state index in [1.807, 2.05) is 0 Å². The fraction of sp³-hybridized carbons (Fsp3) is 0.667. The second-order valence-electron chi connectivity index (χ2n) is 2.58.